The molecule has 3 heteroatoms. The Morgan fingerprint density at radius 1 is 0.931 bits per heavy atom. The quantitative estimate of drug-likeness (QED) is 0.473. The summed E-state index contributed by atoms with van der Waals surface area (Å²) >= 11 is 1.51. The molecule has 0 saturated carbocycles. The van der Waals surface area contributed by atoms with Gasteiger partial charge >= 0.3 is 70.3 Å². The number of rotatable bonds is 3. The van der Waals surface area contributed by atoms with E-state index in [4.69, 9.17) is 0 Å². The molecule has 1 aliphatic carbocycles. The standard InChI is InChI=1S/C9H7.C9H13.C8H8.2ClH.Zr/c1-2-5-9-7-3-6-8(9)4-1;1-3-8-6-5-7-9(8)4-2;1-2-8-6-4-3-5-7-8;;;/h1-7H;6H,3-5H2,1-2H3;3-7H,1H3;2*1H;/q2*-1;;;;+2/p-2. The second-order valence-electron chi connectivity index (χ2n) is 6.44. The molecule has 4 rings (SSSR count). The first kappa shape index (κ1) is 27.9. The van der Waals surface area contributed by atoms with Gasteiger partial charge in [0.05, 0.1) is 0 Å². The molecule has 152 valence electrons. The maximum atomic E-state index is 3.33. The molecule has 0 fully saturated rings. The zero-order valence-corrected chi connectivity index (χ0v) is 21.4. The van der Waals surface area contributed by atoms with E-state index in [1.54, 1.807) is 0 Å². The molecule has 0 aliphatic heterocycles. The number of hydrogen-bond acceptors (Lipinski definition) is 0. The van der Waals surface area contributed by atoms with E-state index in [1.807, 2.05) is 6.07 Å². The summed E-state index contributed by atoms with van der Waals surface area (Å²) in [6.45, 7) is 6.55. The molecule has 0 amide bonds. The van der Waals surface area contributed by atoms with Gasteiger partial charge in [0.25, 0.3) is 0 Å². The maximum absolute atomic E-state index is 3.33. The Hall–Kier alpha value is -1.14. The van der Waals surface area contributed by atoms with Gasteiger partial charge in [-0.15, -0.1) is 36.1 Å². The van der Waals surface area contributed by atoms with Crippen molar-refractivity contribution >= 4 is 14.0 Å². The van der Waals surface area contributed by atoms with E-state index in [2.05, 4.69) is 99.7 Å². The second-order valence-corrected chi connectivity index (χ2v) is 8.29. The summed E-state index contributed by atoms with van der Waals surface area (Å²) in [7, 11) is 0. The van der Waals surface area contributed by atoms with E-state index in [0.29, 0.717) is 0 Å². The average molecular weight is 503 g/mol. The summed E-state index contributed by atoms with van der Waals surface area (Å²) in [5.74, 6) is 0. The van der Waals surface area contributed by atoms with E-state index >= 15 is 0 Å². The fourth-order valence-corrected chi connectivity index (χ4v) is 3.41. The molecule has 0 spiro atoms. The zero-order valence-electron chi connectivity index (χ0n) is 17.4. The molecule has 0 atom stereocenters. The van der Waals surface area contributed by atoms with Crippen LogP contribution in [0.5, 0.6) is 0 Å². The number of benzene rings is 2. The molecular weight excluding hydrogens is 474 g/mol. The minimum absolute atomic E-state index is 0. The van der Waals surface area contributed by atoms with Crippen molar-refractivity contribution in [2.24, 2.45) is 0 Å². The van der Waals surface area contributed by atoms with Gasteiger partial charge in [-0.3, -0.25) is 6.08 Å². The molecule has 0 aromatic heterocycles. The van der Waals surface area contributed by atoms with Gasteiger partial charge in [0.15, 0.2) is 0 Å². The Balaban J connectivity index is 0.000000392. The van der Waals surface area contributed by atoms with Crippen LogP contribution in [0, 0.1) is 6.08 Å². The second kappa shape index (κ2) is 15.7. The molecule has 0 nitrogen and oxygen atoms in total. The van der Waals surface area contributed by atoms with Crippen LogP contribution < -0.4 is 24.8 Å². The summed E-state index contributed by atoms with van der Waals surface area (Å²) in [6, 6.07) is 25.1. The fraction of sp³-hybridized carbons (Fsp3) is 0.231. The molecule has 3 aromatic carbocycles. The normalized spacial score (nSPS) is 11.5. The molecule has 0 heterocycles. The van der Waals surface area contributed by atoms with E-state index in [-0.39, 0.29) is 24.8 Å². The summed E-state index contributed by atoms with van der Waals surface area (Å²) < 4.78 is 1.46. The number of allylic oxidation sites excluding steroid dienone is 4. The van der Waals surface area contributed by atoms with E-state index < -0.39 is 0 Å². The van der Waals surface area contributed by atoms with Crippen molar-refractivity contribution in [3.05, 3.63) is 102 Å². The molecule has 0 N–H and O–H groups in total. The Morgan fingerprint density at radius 3 is 2.10 bits per heavy atom. The van der Waals surface area contributed by atoms with Crippen LogP contribution in [0.4, 0.5) is 0 Å². The van der Waals surface area contributed by atoms with Crippen LogP contribution in [0.1, 0.15) is 45.6 Å². The first-order chi connectivity index (χ1) is 13.2. The summed E-state index contributed by atoms with van der Waals surface area (Å²) in [4.78, 5) is 0. The first-order valence-corrected chi connectivity index (χ1v) is 10.9. The Kier molecular flexibility index (Phi) is 15.1. The van der Waals surface area contributed by atoms with Crippen LogP contribution >= 0.6 is 0 Å². The van der Waals surface area contributed by atoms with E-state index in [0.717, 1.165) is 12.8 Å². The zero-order chi connectivity index (χ0) is 19.5. The fourth-order valence-electron chi connectivity index (χ4n) is 3.00. The van der Waals surface area contributed by atoms with Crippen LogP contribution in [-0.2, 0) is 24.2 Å². The van der Waals surface area contributed by atoms with Gasteiger partial charge in [0.1, 0.15) is 0 Å². The van der Waals surface area contributed by atoms with Crippen molar-refractivity contribution in [3.63, 3.8) is 0 Å². The van der Waals surface area contributed by atoms with Crippen molar-refractivity contribution in [1.29, 1.82) is 0 Å². The van der Waals surface area contributed by atoms with Crippen molar-refractivity contribution in [2.75, 3.05) is 0 Å². The minimum atomic E-state index is 0. The molecular formula is C26H28Cl2Zr-2. The third-order valence-corrected chi connectivity index (χ3v) is 5.25. The molecule has 0 unspecified atom stereocenters. The van der Waals surface area contributed by atoms with Gasteiger partial charge in [-0.25, -0.2) is 5.57 Å². The number of fused-ring (bicyclic) bond motifs is 1. The van der Waals surface area contributed by atoms with Crippen molar-refractivity contribution in [2.45, 2.75) is 40.0 Å². The predicted molar refractivity (Wildman–Crippen MR) is 116 cm³/mol. The molecule has 0 bridgehead atoms. The molecule has 3 aromatic rings. The topological polar surface area (TPSA) is 0 Å². The molecule has 0 saturated heterocycles. The SMILES string of the molecule is CCC1=[C-]CC=C1CC.C[C](=[Zr+2])c1ccccc1.[Cl-].[Cl-].c1ccc2[cH-]ccc2c1. The summed E-state index contributed by atoms with van der Waals surface area (Å²) in [5, 5.41) is 2.66. The Morgan fingerprint density at radius 2 is 1.59 bits per heavy atom. The molecule has 1 aliphatic rings. The molecule has 29 heavy (non-hydrogen) atoms. The van der Waals surface area contributed by atoms with Gasteiger partial charge < -0.3 is 24.8 Å². The summed E-state index contributed by atoms with van der Waals surface area (Å²) in [6.07, 6.45) is 8.99. The third-order valence-electron chi connectivity index (χ3n) is 4.54. The van der Waals surface area contributed by atoms with Gasteiger partial charge in [-0.05, 0) is 0 Å². The third kappa shape index (κ3) is 9.48. The van der Waals surface area contributed by atoms with Crippen LogP contribution in [0.15, 0.2) is 90.0 Å². The first-order valence-electron chi connectivity index (χ1n) is 9.65. The number of halogens is 2. The maximum Gasteiger partial charge on any atom is -0.0809 e. The average Bonchev–Trinajstić information content (AvgIpc) is 3.38. The van der Waals surface area contributed by atoms with Crippen LogP contribution in [-0.4, -0.2) is 3.21 Å². The van der Waals surface area contributed by atoms with Crippen molar-refractivity contribution < 1.29 is 49.0 Å². The monoisotopic (exact) mass is 500 g/mol. The van der Waals surface area contributed by atoms with Crippen LogP contribution in [0.3, 0.4) is 0 Å². The van der Waals surface area contributed by atoms with Crippen molar-refractivity contribution in [3.8, 4) is 0 Å². The Bertz CT molecular complexity index is 856. The largest absolute Gasteiger partial charge is 1.00 e. The predicted octanol–water partition coefficient (Wildman–Crippen LogP) is 1.21. The van der Waals surface area contributed by atoms with Crippen molar-refractivity contribution in [1.82, 2.24) is 0 Å². The smallest absolute Gasteiger partial charge is 0.0809 e. The number of hydrogen-bond donors (Lipinski definition) is 0. The van der Waals surface area contributed by atoms with Gasteiger partial charge in [-0.2, -0.15) is 29.2 Å². The van der Waals surface area contributed by atoms with Crippen LogP contribution in [0.2, 0.25) is 0 Å². The van der Waals surface area contributed by atoms with E-state index in [9.17, 15) is 0 Å². The van der Waals surface area contributed by atoms with Gasteiger partial charge in [-0.1, -0.05) is 32.8 Å². The Labute approximate surface area is 203 Å². The van der Waals surface area contributed by atoms with Gasteiger partial charge in [0.2, 0.25) is 0 Å². The summed E-state index contributed by atoms with van der Waals surface area (Å²) in [5.41, 5.74) is 4.32. The molecule has 0 radical (unpaired) electrons. The van der Waals surface area contributed by atoms with E-state index in [1.165, 1.54) is 61.3 Å². The van der Waals surface area contributed by atoms with Gasteiger partial charge in [0, 0.05) is 0 Å². The minimum Gasteiger partial charge on any atom is -1.00 e. The van der Waals surface area contributed by atoms with Crippen LogP contribution in [0.25, 0.3) is 10.8 Å².